The van der Waals surface area contributed by atoms with Crippen molar-refractivity contribution >= 4 is 11.8 Å². The summed E-state index contributed by atoms with van der Waals surface area (Å²) in [5, 5.41) is 11.7. The highest BCUT2D eigenvalue weighted by atomic mass is 16.6. The van der Waals surface area contributed by atoms with Crippen molar-refractivity contribution in [2.75, 3.05) is 0 Å². The van der Waals surface area contributed by atoms with Gasteiger partial charge in [0.05, 0.1) is 5.60 Å². The minimum absolute atomic E-state index is 0.00827. The highest BCUT2D eigenvalue weighted by Gasteiger charge is 2.81. The third-order valence-corrected chi connectivity index (χ3v) is 11.1. The summed E-state index contributed by atoms with van der Waals surface area (Å²) in [4.78, 5) is 24.4. The molecule has 6 aliphatic carbocycles. The van der Waals surface area contributed by atoms with Gasteiger partial charge in [0.15, 0.2) is 0 Å². The van der Waals surface area contributed by atoms with Gasteiger partial charge < -0.3 is 9.84 Å². The minimum Gasteiger partial charge on any atom is -0.458 e. The molecule has 0 amide bonds. The molecule has 10 atom stereocenters. The molecular formula is C24H30O4. The smallest absolute Gasteiger partial charge is 0.306 e. The van der Waals surface area contributed by atoms with Crippen LogP contribution in [0.15, 0.2) is 11.6 Å². The molecule has 3 unspecified atom stereocenters. The van der Waals surface area contributed by atoms with Crippen LogP contribution in [0.5, 0.6) is 0 Å². The summed E-state index contributed by atoms with van der Waals surface area (Å²) in [6, 6.07) is 0. The summed E-state index contributed by atoms with van der Waals surface area (Å²) in [6.45, 7) is 4.71. The van der Waals surface area contributed by atoms with Gasteiger partial charge in [0.2, 0.25) is 0 Å². The molecule has 4 heteroatoms. The summed E-state index contributed by atoms with van der Waals surface area (Å²) in [6.07, 6.45) is 9.00. The molecule has 0 aromatic carbocycles. The Morgan fingerprint density at radius 2 is 1.89 bits per heavy atom. The van der Waals surface area contributed by atoms with Crippen LogP contribution in [0.3, 0.4) is 0 Å². The van der Waals surface area contributed by atoms with E-state index >= 15 is 0 Å². The number of carbonyl (C=O) groups excluding carboxylic acids is 2. The Morgan fingerprint density at radius 1 is 1.07 bits per heavy atom. The average molecular weight is 383 g/mol. The van der Waals surface area contributed by atoms with Gasteiger partial charge >= 0.3 is 5.97 Å². The Kier molecular flexibility index (Phi) is 2.64. The molecule has 0 aromatic rings. The third kappa shape index (κ3) is 1.51. The molecule has 5 saturated carbocycles. The number of hydrogen-bond donors (Lipinski definition) is 1. The van der Waals surface area contributed by atoms with Gasteiger partial charge in [-0.3, -0.25) is 9.59 Å². The number of fused-ring (bicyclic) bond motifs is 12. The zero-order valence-corrected chi connectivity index (χ0v) is 16.9. The first-order valence-corrected chi connectivity index (χ1v) is 11.4. The van der Waals surface area contributed by atoms with Gasteiger partial charge in [0.1, 0.15) is 11.4 Å². The van der Waals surface area contributed by atoms with E-state index in [1.54, 1.807) is 0 Å². The fourth-order valence-electron chi connectivity index (χ4n) is 9.72. The first kappa shape index (κ1) is 16.6. The number of ketones is 1. The fourth-order valence-corrected chi connectivity index (χ4v) is 9.72. The van der Waals surface area contributed by atoms with Crippen molar-refractivity contribution in [3.8, 4) is 0 Å². The van der Waals surface area contributed by atoms with Gasteiger partial charge in [-0.1, -0.05) is 25.5 Å². The molecule has 6 fully saturated rings. The zero-order chi connectivity index (χ0) is 19.3. The van der Waals surface area contributed by atoms with Crippen LogP contribution >= 0.6 is 0 Å². The number of carbonyl (C=O) groups is 2. The van der Waals surface area contributed by atoms with E-state index in [0.29, 0.717) is 48.9 Å². The third-order valence-electron chi connectivity index (χ3n) is 11.1. The molecule has 0 radical (unpaired) electrons. The summed E-state index contributed by atoms with van der Waals surface area (Å²) < 4.78 is 6.18. The Balaban J connectivity index is 1.33. The van der Waals surface area contributed by atoms with E-state index in [0.717, 1.165) is 25.7 Å². The van der Waals surface area contributed by atoms with E-state index in [1.807, 2.05) is 0 Å². The van der Waals surface area contributed by atoms with Gasteiger partial charge in [-0.2, -0.15) is 0 Å². The molecule has 1 N–H and O–H groups in total. The second kappa shape index (κ2) is 4.45. The quantitative estimate of drug-likeness (QED) is 0.515. The molecule has 150 valence electrons. The van der Waals surface area contributed by atoms with Crippen molar-refractivity contribution in [1.82, 2.24) is 0 Å². The van der Waals surface area contributed by atoms with Gasteiger partial charge in [-0.25, -0.2) is 0 Å². The van der Waals surface area contributed by atoms with Crippen molar-refractivity contribution in [3.63, 3.8) is 0 Å². The van der Waals surface area contributed by atoms with Crippen LogP contribution in [0.2, 0.25) is 0 Å². The normalized spacial score (nSPS) is 62.9. The molecule has 1 saturated heterocycles. The van der Waals surface area contributed by atoms with Crippen LogP contribution in [-0.2, 0) is 14.3 Å². The molecular weight excluding hydrogens is 352 g/mol. The average Bonchev–Trinajstić information content (AvgIpc) is 3.54. The van der Waals surface area contributed by atoms with Crippen LogP contribution in [-0.4, -0.2) is 28.1 Å². The molecule has 0 bridgehead atoms. The Labute approximate surface area is 166 Å². The van der Waals surface area contributed by atoms with Gasteiger partial charge in [-0.15, -0.1) is 0 Å². The number of rotatable bonds is 0. The number of ether oxygens (including phenoxy) is 1. The predicted molar refractivity (Wildman–Crippen MR) is 101 cm³/mol. The van der Waals surface area contributed by atoms with Gasteiger partial charge in [0.25, 0.3) is 0 Å². The van der Waals surface area contributed by atoms with E-state index < -0.39 is 5.60 Å². The first-order chi connectivity index (χ1) is 13.3. The second-order valence-corrected chi connectivity index (χ2v) is 11.7. The van der Waals surface area contributed by atoms with E-state index in [2.05, 4.69) is 19.9 Å². The van der Waals surface area contributed by atoms with Crippen LogP contribution < -0.4 is 0 Å². The van der Waals surface area contributed by atoms with E-state index in [9.17, 15) is 14.7 Å². The van der Waals surface area contributed by atoms with Crippen molar-refractivity contribution < 1.29 is 19.4 Å². The number of esters is 1. The monoisotopic (exact) mass is 382 g/mol. The zero-order valence-electron chi connectivity index (χ0n) is 16.9. The van der Waals surface area contributed by atoms with Crippen molar-refractivity contribution in [3.05, 3.63) is 11.6 Å². The van der Waals surface area contributed by atoms with E-state index in [-0.39, 0.29) is 34.1 Å². The highest BCUT2D eigenvalue weighted by molar-refractivity contribution is 5.81. The van der Waals surface area contributed by atoms with Crippen molar-refractivity contribution in [2.24, 2.45) is 46.3 Å². The van der Waals surface area contributed by atoms with Crippen LogP contribution in [0.25, 0.3) is 0 Å². The highest BCUT2D eigenvalue weighted by Crippen LogP contribution is 2.81. The van der Waals surface area contributed by atoms with E-state index in [4.69, 9.17) is 4.74 Å². The maximum atomic E-state index is 12.3. The second-order valence-electron chi connectivity index (χ2n) is 11.7. The molecule has 28 heavy (non-hydrogen) atoms. The first-order valence-electron chi connectivity index (χ1n) is 11.4. The van der Waals surface area contributed by atoms with Crippen molar-refractivity contribution in [2.45, 2.75) is 76.4 Å². The standard InChI is InChI=1S/C24H30O4/c1-21-6-3-12(25)11-23(21,27)16-9-13(16)19-15(21)4-7-22(2)20(19)14-10-17(14)24(22)8-5-18(26)28-24/h9,14-17,19-20,27H,3-8,10-11H2,1-2H3/t14-,15?,16-,17+,19?,20?,21-,22+,23-,24+/m1/s1. The Morgan fingerprint density at radius 3 is 2.64 bits per heavy atom. The molecule has 1 aliphatic heterocycles. The van der Waals surface area contributed by atoms with E-state index in [1.165, 1.54) is 12.0 Å². The lowest BCUT2D eigenvalue weighted by Gasteiger charge is -2.63. The maximum absolute atomic E-state index is 12.3. The van der Waals surface area contributed by atoms with Gasteiger partial charge in [0, 0.05) is 41.9 Å². The number of aliphatic hydroxyl groups is 1. The lowest BCUT2D eigenvalue weighted by molar-refractivity contribution is -0.207. The van der Waals surface area contributed by atoms with Gasteiger partial charge in [-0.05, 0) is 55.8 Å². The number of hydrogen-bond acceptors (Lipinski definition) is 4. The summed E-state index contributed by atoms with van der Waals surface area (Å²) in [7, 11) is 0. The SMILES string of the molecule is C[C@]12CCC3C(C4=C[C@H]4[C@]4(O)CC(=O)CC[C@]34C)C1[C@@H]1C[C@@H]1[C@@]21CCC(=O)O1. The lowest BCUT2D eigenvalue weighted by atomic mass is 9.42. The summed E-state index contributed by atoms with van der Waals surface area (Å²) in [5.41, 5.74) is 0.291. The summed E-state index contributed by atoms with van der Waals surface area (Å²) in [5.74, 6) is 3.17. The summed E-state index contributed by atoms with van der Waals surface area (Å²) >= 11 is 0. The molecule has 1 spiro atoms. The lowest BCUT2D eigenvalue weighted by Crippen LogP contribution is -2.65. The van der Waals surface area contributed by atoms with Crippen LogP contribution in [0, 0.1) is 46.3 Å². The van der Waals surface area contributed by atoms with Crippen LogP contribution in [0.4, 0.5) is 0 Å². The molecule has 1 heterocycles. The molecule has 0 aromatic heterocycles. The molecule has 7 aliphatic rings. The largest absolute Gasteiger partial charge is 0.458 e. The van der Waals surface area contributed by atoms with Crippen LogP contribution in [0.1, 0.15) is 65.2 Å². The molecule has 4 nitrogen and oxygen atoms in total. The predicted octanol–water partition coefficient (Wildman–Crippen LogP) is 3.42. The maximum Gasteiger partial charge on any atom is 0.306 e. The Bertz CT molecular complexity index is 876. The van der Waals surface area contributed by atoms with Crippen molar-refractivity contribution in [1.29, 1.82) is 0 Å². The topological polar surface area (TPSA) is 63.6 Å². The molecule has 7 rings (SSSR count). The number of Topliss-reactive ketones (excluding diaryl/α,β-unsaturated/α-hetero) is 1. The Hall–Kier alpha value is -1.16. The minimum atomic E-state index is -0.856. The fraction of sp³-hybridized carbons (Fsp3) is 0.833.